The van der Waals surface area contributed by atoms with Crippen molar-refractivity contribution in [3.8, 4) is 0 Å². The first-order chi connectivity index (χ1) is 15.3. The summed E-state index contributed by atoms with van der Waals surface area (Å²) in [5, 5.41) is 3.77. The van der Waals surface area contributed by atoms with E-state index in [0.717, 1.165) is 25.9 Å². The molecule has 0 aliphatic carbocycles. The third kappa shape index (κ3) is 4.69. The van der Waals surface area contributed by atoms with E-state index in [1.54, 1.807) is 13.8 Å². The van der Waals surface area contributed by atoms with Crippen LogP contribution in [0.25, 0.3) is 0 Å². The third-order valence-electron chi connectivity index (χ3n) is 6.80. The second-order valence-corrected chi connectivity index (χ2v) is 10.9. The van der Waals surface area contributed by atoms with Gasteiger partial charge in [-0.25, -0.2) is 8.42 Å². The Hall–Kier alpha value is -1.98. The van der Waals surface area contributed by atoms with Crippen molar-refractivity contribution >= 4 is 21.8 Å². The number of carbonyl (C=O) groups excluding carboxylic acids is 2. The molecule has 4 heterocycles. The highest BCUT2D eigenvalue weighted by molar-refractivity contribution is 7.89. The summed E-state index contributed by atoms with van der Waals surface area (Å²) < 4.78 is 32.7. The summed E-state index contributed by atoms with van der Waals surface area (Å²) in [5.74, 6) is 0.108. The third-order valence-corrected chi connectivity index (χ3v) is 8.91. The van der Waals surface area contributed by atoms with Crippen LogP contribution in [0.5, 0.6) is 0 Å². The number of amides is 2. The van der Waals surface area contributed by atoms with Gasteiger partial charge in [-0.1, -0.05) is 5.16 Å². The Kier molecular flexibility index (Phi) is 6.87. The highest BCUT2D eigenvalue weighted by Gasteiger charge is 2.38. The van der Waals surface area contributed by atoms with E-state index < -0.39 is 10.0 Å². The van der Waals surface area contributed by atoms with Gasteiger partial charge in [-0.3, -0.25) is 14.5 Å². The summed E-state index contributed by atoms with van der Waals surface area (Å²) in [6.45, 7) is 8.36. The molecule has 11 heteroatoms. The maximum Gasteiger partial charge on any atom is 0.248 e. The number of rotatable bonds is 5. The molecule has 1 atom stereocenters. The number of likely N-dealkylation sites (tertiary alicyclic amines) is 1. The zero-order valence-electron chi connectivity index (χ0n) is 19.0. The molecule has 0 saturated carbocycles. The second kappa shape index (κ2) is 9.48. The molecule has 0 N–H and O–H groups in total. The number of sulfonamides is 1. The van der Waals surface area contributed by atoms with Gasteiger partial charge < -0.3 is 14.3 Å². The van der Waals surface area contributed by atoms with Crippen LogP contribution in [0.3, 0.4) is 0 Å². The molecule has 0 aromatic carbocycles. The number of hydrogen-bond acceptors (Lipinski definition) is 7. The lowest BCUT2D eigenvalue weighted by atomic mass is 9.98. The van der Waals surface area contributed by atoms with Gasteiger partial charge in [-0.05, 0) is 39.5 Å². The number of piperazine rings is 1. The number of nitrogens with zero attached hydrogens (tertiary/aromatic N) is 5. The molecule has 3 fully saturated rings. The van der Waals surface area contributed by atoms with Crippen LogP contribution in [-0.4, -0.2) is 103 Å². The van der Waals surface area contributed by atoms with E-state index >= 15 is 0 Å². The predicted octanol–water partition coefficient (Wildman–Crippen LogP) is 0.459. The molecular weight excluding hydrogens is 434 g/mol. The van der Waals surface area contributed by atoms with Crippen LogP contribution in [0.4, 0.5) is 0 Å². The lowest BCUT2D eigenvalue weighted by molar-refractivity contribution is -0.139. The molecule has 3 aliphatic heterocycles. The molecule has 1 unspecified atom stereocenters. The first-order valence-electron chi connectivity index (χ1n) is 11.5. The van der Waals surface area contributed by atoms with Crippen LogP contribution in [0.2, 0.25) is 0 Å². The molecule has 1 aromatic heterocycles. The van der Waals surface area contributed by atoms with Gasteiger partial charge in [-0.15, -0.1) is 0 Å². The number of hydrogen-bond donors (Lipinski definition) is 0. The number of carbonyl (C=O) groups is 2. The van der Waals surface area contributed by atoms with Crippen molar-refractivity contribution < 1.29 is 22.5 Å². The molecule has 178 valence electrons. The van der Waals surface area contributed by atoms with Gasteiger partial charge in [0.15, 0.2) is 5.76 Å². The van der Waals surface area contributed by atoms with Crippen LogP contribution >= 0.6 is 0 Å². The van der Waals surface area contributed by atoms with E-state index in [1.165, 1.54) is 4.31 Å². The zero-order valence-corrected chi connectivity index (χ0v) is 19.8. The summed E-state index contributed by atoms with van der Waals surface area (Å²) in [5.41, 5.74) is 0.343. The lowest BCUT2D eigenvalue weighted by Gasteiger charge is -2.38. The maximum absolute atomic E-state index is 13.2. The minimum absolute atomic E-state index is 0.00850. The fourth-order valence-electron chi connectivity index (χ4n) is 4.98. The average Bonchev–Trinajstić information content (AvgIpc) is 3.44. The van der Waals surface area contributed by atoms with Crippen molar-refractivity contribution in [1.29, 1.82) is 0 Å². The van der Waals surface area contributed by atoms with Gasteiger partial charge >= 0.3 is 0 Å². The van der Waals surface area contributed by atoms with Gasteiger partial charge in [0.1, 0.15) is 10.6 Å². The minimum Gasteiger partial charge on any atom is -0.360 e. The van der Waals surface area contributed by atoms with Crippen LogP contribution in [0, 0.1) is 19.8 Å². The summed E-state index contributed by atoms with van der Waals surface area (Å²) in [7, 11) is -3.75. The van der Waals surface area contributed by atoms with E-state index in [4.69, 9.17) is 4.52 Å². The van der Waals surface area contributed by atoms with Crippen molar-refractivity contribution in [2.24, 2.45) is 5.92 Å². The van der Waals surface area contributed by atoms with E-state index in [1.807, 2.05) is 9.80 Å². The van der Waals surface area contributed by atoms with E-state index in [0.29, 0.717) is 57.8 Å². The molecule has 1 aromatic rings. The van der Waals surface area contributed by atoms with Crippen molar-refractivity contribution in [2.75, 3.05) is 58.9 Å². The Labute approximate surface area is 189 Å². The predicted molar refractivity (Wildman–Crippen MR) is 116 cm³/mol. The first-order valence-corrected chi connectivity index (χ1v) is 12.9. The molecule has 10 nitrogen and oxygen atoms in total. The van der Waals surface area contributed by atoms with Gasteiger partial charge in [-0.2, -0.15) is 4.31 Å². The lowest BCUT2D eigenvalue weighted by Crippen LogP contribution is -2.54. The number of piperidine rings is 1. The Balaban J connectivity index is 1.32. The monoisotopic (exact) mass is 467 g/mol. The van der Waals surface area contributed by atoms with Crippen molar-refractivity contribution in [1.82, 2.24) is 24.2 Å². The zero-order chi connectivity index (χ0) is 22.9. The van der Waals surface area contributed by atoms with Gasteiger partial charge in [0, 0.05) is 52.4 Å². The number of aryl methyl sites for hydroxylation is 2. The van der Waals surface area contributed by atoms with Crippen LogP contribution < -0.4 is 0 Å². The van der Waals surface area contributed by atoms with Gasteiger partial charge in [0.05, 0.1) is 12.5 Å². The Bertz CT molecular complexity index is 928. The summed E-state index contributed by atoms with van der Waals surface area (Å²) in [6.07, 6.45) is 3.49. The molecule has 0 radical (unpaired) electrons. The second-order valence-electron chi connectivity index (χ2n) is 9.04. The first kappa shape index (κ1) is 23.2. The fraction of sp³-hybridized carbons (Fsp3) is 0.762. The maximum atomic E-state index is 13.2. The number of aromatic nitrogens is 1. The van der Waals surface area contributed by atoms with Crippen LogP contribution in [-0.2, 0) is 19.6 Å². The Morgan fingerprint density at radius 2 is 1.66 bits per heavy atom. The van der Waals surface area contributed by atoms with Crippen molar-refractivity contribution in [2.45, 2.75) is 44.4 Å². The fourth-order valence-corrected chi connectivity index (χ4v) is 6.79. The molecule has 0 spiro atoms. The van der Waals surface area contributed by atoms with E-state index in [9.17, 15) is 18.0 Å². The highest BCUT2D eigenvalue weighted by Crippen LogP contribution is 2.28. The Morgan fingerprint density at radius 3 is 2.28 bits per heavy atom. The van der Waals surface area contributed by atoms with Crippen molar-refractivity contribution in [3.05, 3.63) is 11.5 Å². The topological polar surface area (TPSA) is 107 Å². The molecular formula is C21H33N5O5S. The van der Waals surface area contributed by atoms with Crippen LogP contribution in [0.1, 0.15) is 37.1 Å². The largest absolute Gasteiger partial charge is 0.360 e. The minimum atomic E-state index is -3.75. The molecule has 3 saturated heterocycles. The SMILES string of the molecule is Cc1noc(C)c1S(=O)(=O)N1CCCC(C(=O)N2CCN(CC(=O)N3CCCC3)CC2)C1. The molecule has 32 heavy (non-hydrogen) atoms. The summed E-state index contributed by atoms with van der Waals surface area (Å²) in [6, 6.07) is 0. The van der Waals surface area contributed by atoms with Gasteiger partial charge in [0.2, 0.25) is 21.8 Å². The molecule has 2 amide bonds. The van der Waals surface area contributed by atoms with Crippen LogP contribution in [0.15, 0.2) is 9.42 Å². The van der Waals surface area contributed by atoms with Gasteiger partial charge in [0.25, 0.3) is 0 Å². The standard InChI is InChI=1S/C21H33N5O5S/c1-16-20(17(2)31-22-16)32(29,30)26-9-5-6-18(14-26)21(28)25-12-10-23(11-13-25)15-19(27)24-7-3-4-8-24/h18H,3-15H2,1-2H3. The summed E-state index contributed by atoms with van der Waals surface area (Å²) in [4.78, 5) is 31.5. The normalized spacial score (nSPS) is 23.6. The summed E-state index contributed by atoms with van der Waals surface area (Å²) >= 11 is 0. The molecule has 0 bridgehead atoms. The van der Waals surface area contributed by atoms with Crippen molar-refractivity contribution in [3.63, 3.8) is 0 Å². The average molecular weight is 468 g/mol. The Morgan fingerprint density at radius 1 is 0.969 bits per heavy atom. The molecule has 3 aliphatic rings. The van der Waals surface area contributed by atoms with E-state index in [2.05, 4.69) is 10.1 Å². The van der Waals surface area contributed by atoms with E-state index in [-0.39, 0.29) is 34.9 Å². The smallest absolute Gasteiger partial charge is 0.248 e. The quantitative estimate of drug-likeness (QED) is 0.619. The highest BCUT2D eigenvalue weighted by atomic mass is 32.2. The molecule has 4 rings (SSSR count).